The van der Waals surface area contributed by atoms with Gasteiger partial charge in [-0.25, -0.2) is 0 Å². The van der Waals surface area contributed by atoms with E-state index in [4.69, 9.17) is 5.73 Å². The number of likely N-dealkylation sites (tertiary alicyclic amines) is 1. The molecule has 108 valence electrons. The third-order valence-corrected chi connectivity index (χ3v) is 5.15. The Labute approximate surface area is 126 Å². The summed E-state index contributed by atoms with van der Waals surface area (Å²) in [5.74, 6) is 0.687. The summed E-state index contributed by atoms with van der Waals surface area (Å²) >= 11 is 0. The quantitative estimate of drug-likeness (QED) is 0.930. The van der Waals surface area contributed by atoms with Crippen molar-refractivity contribution in [3.63, 3.8) is 0 Å². The smallest absolute Gasteiger partial charge is 0.0602 e. The van der Waals surface area contributed by atoms with Crippen LogP contribution in [0.1, 0.15) is 30.0 Å². The van der Waals surface area contributed by atoms with Gasteiger partial charge in [0.1, 0.15) is 0 Å². The molecule has 2 aromatic rings. The van der Waals surface area contributed by atoms with E-state index in [0.717, 1.165) is 13.1 Å². The fourth-order valence-electron chi connectivity index (χ4n) is 3.52. The largest absolute Gasteiger partial charge is 0.325 e. The van der Waals surface area contributed by atoms with E-state index in [9.17, 15) is 0 Å². The van der Waals surface area contributed by atoms with Gasteiger partial charge in [0.2, 0.25) is 0 Å². The van der Waals surface area contributed by atoms with Crippen LogP contribution in [0, 0.1) is 5.92 Å². The first-order valence-corrected chi connectivity index (χ1v) is 7.89. The summed E-state index contributed by atoms with van der Waals surface area (Å²) in [6.45, 7) is 2.26. The molecule has 0 spiro atoms. The fraction of sp³-hybridized carbons (Fsp3) is 0.368. The van der Waals surface area contributed by atoms with Crippen molar-refractivity contribution in [2.75, 3.05) is 13.1 Å². The minimum atomic E-state index is 0.161. The van der Waals surface area contributed by atoms with Crippen LogP contribution in [0.2, 0.25) is 0 Å². The van der Waals surface area contributed by atoms with Gasteiger partial charge >= 0.3 is 0 Å². The number of rotatable bonds is 4. The number of hydrogen-bond donors (Lipinski definition) is 1. The van der Waals surface area contributed by atoms with E-state index in [2.05, 4.69) is 65.6 Å². The molecule has 2 aliphatic rings. The maximum absolute atomic E-state index is 6.36. The Morgan fingerprint density at radius 1 is 0.857 bits per heavy atom. The van der Waals surface area contributed by atoms with Crippen LogP contribution >= 0.6 is 0 Å². The second-order valence-corrected chi connectivity index (χ2v) is 6.61. The molecule has 0 aromatic heterocycles. The summed E-state index contributed by atoms with van der Waals surface area (Å²) < 4.78 is 0. The molecule has 2 nitrogen and oxygen atoms in total. The Hall–Kier alpha value is -1.64. The van der Waals surface area contributed by atoms with Crippen molar-refractivity contribution in [2.45, 2.75) is 24.4 Å². The molecule has 0 radical (unpaired) electrons. The van der Waals surface area contributed by atoms with Gasteiger partial charge in [-0.2, -0.15) is 0 Å². The zero-order valence-electron chi connectivity index (χ0n) is 12.3. The molecule has 1 saturated heterocycles. The fourth-order valence-corrected chi connectivity index (χ4v) is 3.52. The molecule has 1 aliphatic heterocycles. The summed E-state index contributed by atoms with van der Waals surface area (Å²) in [5, 5.41) is 0. The molecule has 2 heteroatoms. The molecule has 1 heterocycles. The van der Waals surface area contributed by atoms with E-state index in [0.29, 0.717) is 12.0 Å². The Morgan fingerprint density at radius 3 is 1.76 bits per heavy atom. The van der Waals surface area contributed by atoms with Crippen LogP contribution < -0.4 is 5.73 Å². The lowest BCUT2D eigenvalue weighted by atomic mass is 9.85. The Morgan fingerprint density at radius 2 is 1.33 bits per heavy atom. The van der Waals surface area contributed by atoms with E-state index in [1.807, 2.05) is 0 Å². The van der Waals surface area contributed by atoms with E-state index in [1.165, 1.54) is 24.0 Å². The van der Waals surface area contributed by atoms with Crippen molar-refractivity contribution in [2.24, 2.45) is 11.7 Å². The van der Waals surface area contributed by atoms with Crippen LogP contribution in [0.5, 0.6) is 0 Å². The minimum absolute atomic E-state index is 0.161. The molecule has 21 heavy (non-hydrogen) atoms. The molecule has 0 atom stereocenters. The Balaban J connectivity index is 1.60. The van der Waals surface area contributed by atoms with Gasteiger partial charge in [0.15, 0.2) is 0 Å². The molecule has 2 N–H and O–H groups in total. The molecule has 1 saturated carbocycles. The zero-order chi connectivity index (χ0) is 14.3. The van der Waals surface area contributed by atoms with Gasteiger partial charge in [-0.3, -0.25) is 4.90 Å². The van der Waals surface area contributed by atoms with Gasteiger partial charge < -0.3 is 5.73 Å². The van der Waals surface area contributed by atoms with Crippen LogP contribution in [0.3, 0.4) is 0 Å². The summed E-state index contributed by atoms with van der Waals surface area (Å²) in [6.07, 6.45) is 2.43. The average Bonchev–Trinajstić information content (AvgIpc) is 3.22. The van der Waals surface area contributed by atoms with Crippen LogP contribution in [-0.2, 0) is 0 Å². The third kappa shape index (κ3) is 2.39. The first-order valence-electron chi connectivity index (χ1n) is 7.89. The van der Waals surface area contributed by atoms with Crippen LogP contribution in [0.4, 0.5) is 0 Å². The number of nitrogens with zero attached hydrogens (tertiary/aromatic N) is 1. The lowest BCUT2D eigenvalue weighted by Gasteiger charge is -2.47. The zero-order valence-corrected chi connectivity index (χ0v) is 12.3. The van der Waals surface area contributed by atoms with Gasteiger partial charge in [-0.15, -0.1) is 0 Å². The van der Waals surface area contributed by atoms with E-state index in [-0.39, 0.29) is 5.54 Å². The highest BCUT2D eigenvalue weighted by molar-refractivity contribution is 5.32. The highest BCUT2D eigenvalue weighted by Gasteiger charge is 2.51. The molecule has 2 aromatic carbocycles. The molecular weight excluding hydrogens is 256 g/mol. The van der Waals surface area contributed by atoms with E-state index >= 15 is 0 Å². The predicted molar refractivity (Wildman–Crippen MR) is 85.9 cm³/mol. The van der Waals surface area contributed by atoms with Crippen LogP contribution in [0.15, 0.2) is 60.7 Å². The second-order valence-electron chi connectivity index (χ2n) is 6.61. The van der Waals surface area contributed by atoms with Crippen molar-refractivity contribution in [3.05, 3.63) is 71.8 Å². The first-order chi connectivity index (χ1) is 10.3. The van der Waals surface area contributed by atoms with Crippen molar-refractivity contribution < 1.29 is 0 Å². The van der Waals surface area contributed by atoms with Gasteiger partial charge in [0.25, 0.3) is 0 Å². The lowest BCUT2D eigenvalue weighted by Crippen LogP contribution is -2.56. The summed E-state index contributed by atoms with van der Waals surface area (Å²) in [6, 6.07) is 22.0. The molecular formula is C19H22N2. The highest BCUT2D eigenvalue weighted by atomic mass is 15.2. The minimum Gasteiger partial charge on any atom is -0.325 e. The Bertz CT molecular complexity index is 558. The van der Waals surface area contributed by atoms with Gasteiger partial charge in [-0.05, 0) is 24.0 Å². The molecule has 2 fully saturated rings. The van der Waals surface area contributed by atoms with Gasteiger partial charge in [0, 0.05) is 24.5 Å². The van der Waals surface area contributed by atoms with Gasteiger partial charge in [-0.1, -0.05) is 60.7 Å². The van der Waals surface area contributed by atoms with Crippen LogP contribution in [0.25, 0.3) is 0 Å². The topological polar surface area (TPSA) is 29.3 Å². The monoisotopic (exact) mass is 278 g/mol. The highest BCUT2D eigenvalue weighted by Crippen LogP contribution is 2.46. The molecule has 0 unspecified atom stereocenters. The van der Waals surface area contributed by atoms with Gasteiger partial charge in [0.05, 0.1) is 6.04 Å². The van der Waals surface area contributed by atoms with Crippen molar-refractivity contribution in [1.82, 2.24) is 4.90 Å². The van der Waals surface area contributed by atoms with Crippen molar-refractivity contribution in [3.8, 4) is 0 Å². The van der Waals surface area contributed by atoms with Crippen LogP contribution in [-0.4, -0.2) is 23.5 Å². The first kappa shape index (κ1) is 13.1. The molecule has 0 bridgehead atoms. The maximum atomic E-state index is 6.36. The summed E-state index contributed by atoms with van der Waals surface area (Å²) in [7, 11) is 0. The summed E-state index contributed by atoms with van der Waals surface area (Å²) in [5.41, 5.74) is 9.28. The number of hydrogen-bond acceptors (Lipinski definition) is 2. The van der Waals surface area contributed by atoms with Crippen molar-refractivity contribution in [1.29, 1.82) is 0 Å². The third-order valence-electron chi connectivity index (χ3n) is 5.15. The number of nitrogens with two attached hydrogens (primary N) is 1. The lowest BCUT2D eigenvalue weighted by molar-refractivity contribution is 0.0467. The standard InChI is InChI=1S/C19H22N2/c20-19(11-12-19)17-13-21(14-17)18(15-7-3-1-4-8-15)16-9-5-2-6-10-16/h1-10,17-18H,11-14,20H2. The molecule has 1 aliphatic carbocycles. The molecule has 4 rings (SSSR count). The van der Waals surface area contributed by atoms with E-state index < -0.39 is 0 Å². The Kier molecular flexibility index (Phi) is 3.09. The SMILES string of the molecule is NC1(C2CN(C(c3ccccc3)c3ccccc3)C2)CC1. The summed E-state index contributed by atoms with van der Waals surface area (Å²) in [4.78, 5) is 2.57. The second kappa shape index (κ2) is 4.97. The number of benzene rings is 2. The average molecular weight is 278 g/mol. The van der Waals surface area contributed by atoms with Crippen molar-refractivity contribution >= 4 is 0 Å². The maximum Gasteiger partial charge on any atom is 0.0602 e. The molecule has 0 amide bonds. The predicted octanol–water partition coefficient (Wildman–Crippen LogP) is 3.20. The normalized spacial score (nSPS) is 21.2. The van der Waals surface area contributed by atoms with E-state index in [1.54, 1.807) is 0 Å².